The van der Waals surface area contributed by atoms with Gasteiger partial charge >= 0.3 is 0 Å². The summed E-state index contributed by atoms with van der Waals surface area (Å²) in [4.78, 5) is 3.94. The number of hydrogen-bond acceptors (Lipinski definition) is 2. The van der Waals surface area contributed by atoms with Gasteiger partial charge in [-0.25, -0.2) is 8.78 Å². The van der Waals surface area contributed by atoms with Crippen molar-refractivity contribution in [1.82, 2.24) is 4.98 Å². The highest BCUT2D eigenvalue weighted by molar-refractivity contribution is 6.19. The minimum absolute atomic E-state index is 0.121. The first-order chi connectivity index (χ1) is 9.70. The highest BCUT2D eigenvalue weighted by atomic mass is 35.5. The van der Waals surface area contributed by atoms with Crippen molar-refractivity contribution in [3.63, 3.8) is 0 Å². The molecule has 0 aliphatic rings. The molecule has 0 aliphatic carbocycles. The fourth-order valence-electron chi connectivity index (χ4n) is 1.53. The summed E-state index contributed by atoms with van der Waals surface area (Å²) in [5, 5.41) is 0. The Morgan fingerprint density at radius 1 is 1.20 bits per heavy atom. The first kappa shape index (κ1) is 14.3. The molecule has 0 fully saturated rings. The first-order valence-electron chi connectivity index (χ1n) is 5.76. The van der Waals surface area contributed by atoms with E-state index in [1.54, 1.807) is 12.3 Å². The number of rotatable bonds is 3. The molecule has 1 aromatic heterocycles. The SMILES string of the molecule is Fc1cccc(F)c1COc1cncc(C#CCCl)c1. The Balaban J connectivity index is 2.11. The Labute approximate surface area is 120 Å². The summed E-state index contributed by atoms with van der Waals surface area (Å²) < 4.78 is 32.2. The van der Waals surface area contributed by atoms with Crippen LogP contribution in [0.25, 0.3) is 0 Å². The van der Waals surface area contributed by atoms with Gasteiger partial charge in [0.15, 0.2) is 0 Å². The maximum atomic E-state index is 13.4. The summed E-state index contributed by atoms with van der Waals surface area (Å²) in [6.45, 7) is -0.216. The van der Waals surface area contributed by atoms with E-state index in [-0.39, 0.29) is 18.1 Å². The molecule has 0 aliphatic heterocycles. The van der Waals surface area contributed by atoms with Gasteiger partial charge in [0.25, 0.3) is 0 Å². The number of nitrogens with zero attached hydrogens (tertiary/aromatic N) is 1. The van der Waals surface area contributed by atoms with E-state index < -0.39 is 11.6 Å². The number of ether oxygens (including phenoxy) is 1. The molecule has 102 valence electrons. The number of pyridine rings is 1. The standard InChI is InChI=1S/C15H10ClF2NO/c16-6-2-3-11-7-12(9-19-8-11)20-10-13-14(17)4-1-5-15(13)18/h1,4-5,7-9H,6,10H2. The second-order valence-electron chi connectivity index (χ2n) is 3.83. The van der Waals surface area contributed by atoms with E-state index in [4.69, 9.17) is 16.3 Å². The van der Waals surface area contributed by atoms with Gasteiger partial charge in [0.2, 0.25) is 0 Å². The fraction of sp³-hybridized carbons (Fsp3) is 0.133. The van der Waals surface area contributed by atoms with Gasteiger partial charge in [0.1, 0.15) is 24.0 Å². The molecule has 0 radical (unpaired) electrons. The number of alkyl halides is 1. The summed E-state index contributed by atoms with van der Waals surface area (Å²) in [5.74, 6) is 4.78. The maximum Gasteiger partial charge on any atom is 0.139 e. The van der Waals surface area contributed by atoms with E-state index in [0.717, 1.165) is 0 Å². The van der Waals surface area contributed by atoms with Crippen molar-refractivity contribution in [2.45, 2.75) is 6.61 Å². The number of hydrogen-bond donors (Lipinski definition) is 0. The molecule has 0 amide bonds. The highest BCUT2D eigenvalue weighted by Crippen LogP contribution is 2.17. The average Bonchev–Trinajstić information content (AvgIpc) is 2.45. The lowest BCUT2D eigenvalue weighted by Gasteiger charge is -2.07. The summed E-state index contributed by atoms with van der Waals surface area (Å²) in [6.07, 6.45) is 3.00. The van der Waals surface area contributed by atoms with Crippen molar-refractivity contribution in [1.29, 1.82) is 0 Å². The molecule has 20 heavy (non-hydrogen) atoms. The van der Waals surface area contributed by atoms with Crippen LogP contribution >= 0.6 is 11.6 Å². The molecule has 0 atom stereocenters. The Bertz CT molecular complexity index is 644. The third-order valence-corrected chi connectivity index (χ3v) is 2.59. The number of halogens is 3. The lowest BCUT2D eigenvalue weighted by atomic mass is 10.2. The van der Waals surface area contributed by atoms with Crippen LogP contribution in [0.2, 0.25) is 0 Å². The monoisotopic (exact) mass is 293 g/mol. The average molecular weight is 294 g/mol. The predicted molar refractivity (Wildman–Crippen MR) is 72.5 cm³/mol. The molecule has 2 nitrogen and oxygen atoms in total. The number of aromatic nitrogens is 1. The van der Waals surface area contributed by atoms with Crippen LogP contribution in [-0.2, 0) is 6.61 Å². The molecule has 0 bridgehead atoms. The smallest absolute Gasteiger partial charge is 0.139 e. The van der Waals surface area contributed by atoms with Crippen LogP contribution in [0, 0.1) is 23.5 Å². The van der Waals surface area contributed by atoms with Crippen molar-refractivity contribution >= 4 is 11.6 Å². The summed E-state index contributed by atoms with van der Waals surface area (Å²) in [7, 11) is 0. The topological polar surface area (TPSA) is 22.1 Å². The van der Waals surface area contributed by atoms with Crippen LogP contribution in [-0.4, -0.2) is 10.9 Å². The molecule has 0 saturated heterocycles. The molecule has 1 aromatic carbocycles. The van der Waals surface area contributed by atoms with Crippen molar-refractivity contribution in [2.24, 2.45) is 0 Å². The predicted octanol–water partition coefficient (Wildman–Crippen LogP) is 3.53. The number of benzene rings is 1. The zero-order valence-electron chi connectivity index (χ0n) is 10.4. The van der Waals surface area contributed by atoms with Crippen LogP contribution in [0.3, 0.4) is 0 Å². The summed E-state index contributed by atoms with van der Waals surface area (Å²) in [5.41, 5.74) is 0.502. The van der Waals surface area contributed by atoms with E-state index in [2.05, 4.69) is 16.8 Å². The van der Waals surface area contributed by atoms with Crippen molar-refractivity contribution < 1.29 is 13.5 Å². The lowest BCUT2D eigenvalue weighted by Crippen LogP contribution is -2.02. The van der Waals surface area contributed by atoms with Gasteiger partial charge in [-0.15, -0.1) is 11.6 Å². The molecule has 0 unspecified atom stereocenters. The van der Waals surface area contributed by atoms with Gasteiger partial charge in [-0.05, 0) is 18.2 Å². The summed E-state index contributed by atoms with van der Waals surface area (Å²) in [6, 6.07) is 5.30. The molecule has 1 heterocycles. The second-order valence-corrected chi connectivity index (χ2v) is 4.10. The molecule has 5 heteroatoms. The largest absolute Gasteiger partial charge is 0.487 e. The second kappa shape index (κ2) is 6.88. The highest BCUT2D eigenvalue weighted by Gasteiger charge is 2.09. The van der Waals surface area contributed by atoms with E-state index in [1.807, 2.05) is 0 Å². The van der Waals surface area contributed by atoms with Gasteiger partial charge in [0, 0.05) is 11.8 Å². The zero-order chi connectivity index (χ0) is 14.4. The summed E-state index contributed by atoms with van der Waals surface area (Å²) >= 11 is 5.46. The van der Waals surface area contributed by atoms with E-state index in [1.165, 1.54) is 24.4 Å². The van der Waals surface area contributed by atoms with Gasteiger partial charge in [-0.2, -0.15) is 0 Å². The van der Waals surface area contributed by atoms with E-state index in [0.29, 0.717) is 11.3 Å². The Hall–Kier alpha value is -2.12. The van der Waals surface area contributed by atoms with Gasteiger partial charge < -0.3 is 4.74 Å². The molecule has 2 rings (SSSR count). The fourth-order valence-corrected chi connectivity index (χ4v) is 1.59. The molecular formula is C15H10ClF2NO. The Morgan fingerprint density at radius 2 is 1.95 bits per heavy atom. The van der Waals surface area contributed by atoms with E-state index in [9.17, 15) is 8.78 Å². The van der Waals surface area contributed by atoms with Crippen LogP contribution in [0.1, 0.15) is 11.1 Å². The molecule has 0 saturated carbocycles. The van der Waals surface area contributed by atoms with Crippen molar-refractivity contribution in [3.8, 4) is 17.6 Å². The van der Waals surface area contributed by atoms with Gasteiger partial charge in [0.05, 0.1) is 17.6 Å². The molecule has 0 N–H and O–H groups in total. The van der Waals surface area contributed by atoms with E-state index >= 15 is 0 Å². The quantitative estimate of drug-likeness (QED) is 0.638. The Morgan fingerprint density at radius 3 is 2.65 bits per heavy atom. The molecular weight excluding hydrogens is 284 g/mol. The van der Waals surface area contributed by atoms with Crippen molar-refractivity contribution in [2.75, 3.05) is 5.88 Å². The van der Waals surface area contributed by atoms with Crippen LogP contribution in [0.15, 0.2) is 36.7 Å². The van der Waals surface area contributed by atoms with Crippen LogP contribution in [0.5, 0.6) is 5.75 Å². The Kier molecular flexibility index (Phi) is 4.91. The van der Waals surface area contributed by atoms with Crippen LogP contribution < -0.4 is 4.74 Å². The molecule has 0 spiro atoms. The van der Waals surface area contributed by atoms with Gasteiger partial charge in [-0.1, -0.05) is 17.9 Å². The minimum Gasteiger partial charge on any atom is -0.487 e. The molecule has 2 aromatic rings. The van der Waals surface area contributed by atoms with Crippen molar-refractivity contribution in [3.05, 3.63) is 59.4 Å². The third kappa shape index (κ3) is 3.69. The van der Waals surface area contributed by atoms with Gasteiger partial charge in [-0.3, -0.25) is 4.98 Å². The maximum absolute atomic E-state index is 13.4. The zero-order valence-corrected chi connectivity index (χ0v) is 11.1. The van der Waals surface area contributed by atoms with Crippen LogP contribution in [0.4, 0.5) is 8.78 Å². The first-order valence-corrected chi connectivity index (χ1v) is 6.29. The normalized spacial score (nSPS) is 9.75. The minimum atomic E-state index is -0.643. The lowest BCUT2D eigenvalue weighted by molar-refractivity contribution is 0.291. The third-order valence-electron chi connectivity index (χ3n) is 2.46.